The van der Waals surface area contributed by atoms with Crippen LogP contribution in [0.4, 0.5) is 8.78 Å². The number of aliphatic hydroxyl groups is 1. The van der Waals surface area contributed by atoms with E-state index in [1.807, 2.05) is 4.90 Å². The van der Waals surface area contributed by atoms with Gasteiger partial charge in [0.15, 0.2) is 0 Å². The summed E-state index contributed by atoms with van der Waals surface area (Å²) in [5.74, 6) is -2.80. The van der Waals surface area contributed by atoms with Gasteiger partial charge in [0.1, 0.15) is 6.04 Å². The number of nitrogens with zero attached hydrogens (tertiary/aromatic N) is 3. The van der Waals surface area contributed by atoms with Gasteiger partial charge >= 0.3 is 0 Å². The number of likely N-dealkylation sites (tertiary alicyclic amines) is 3. The Balaban J connectivity index is 1.55. The normalized spacial score (nSPS) is 33.0. The molecule has 25 heavy (non-hydrogen) atoms. The van der Waals surface area contributed by atoms with Crippen LogP contribution in [0, 0.1) is 0 Å². The summed E-state index contributed by atoms with van der Waals surface area (Å²) in [5.41, 5.74) is -1.05. The van der Waals surface area contributed by atoms with Gasteiger partial charge in [-0.2, -0.15) is 0 Å². The van der Waals surface area contributed by atoms with Crippen LogP contribution in [0.1, 0.15) is 39.0 Å². The highest BCUT2D eigenvalue weighted by Crippen LogP contribution is 2.31. The molecule has 3 fully saturated rings. The van der Waals surface area contributed by atoms with Gasteiger partial charge in [0.2, 0.25) is 11.8 Å². The zero-order valence-corrected chi connectivity index (χ0v) is 14.7. The number of piperidine rings is 1. The van der Waals surface area contributed by atoms with Crippen molar-refractivity contribution >= 4 is 11.8 Å². The number of carbonyl (C=O) groups excluding carboxylic acids is 2. The van der Waals surface area contributed by atoms with E-state index in [2.05, 4.69) is 0 Å². The second kappa shape index (κ2) is 6.79. The van der Waals surface area contributed by atoms with E-state index < -0.39 is 17.6 Å². The zero-order valence-electron chi connectivity index (χ0n) is 14.7. The SMILES string of the molecule is CC(=O)N1CCCC1C(=O)N1CCC(O)(CN2CCC(F)(F)CC2)C1. The quantitative estimate of drug-likeness (QED) is 0.805. The zero-order chi connectivity index (χ0) is 18.2. The van der Waals surface area contributed by atoms with E-state index in [0.717, 1.165) is 6.42 Å². The Bertz CT molecular complexity index is 535. The Morgan fingerprint density at radius 1 is 1.12 bits per heavy atom. The first kappa shape index (κ1) is 18.5. The van der Waals surface area contributed by atoms with E-state index in [-0.39, 0.29) is 44.3 Å². The molecule has 0 spiro atoms. The van der Waals surface area contributed by atoms with E-state index in [9.17, 15) is 23.5 Å². The average Bonchev–Trinajstić information content (AvgIpc) is 3.16. The van der Waals surface area contributed by atoms with Crippen LogP contribution in [0.15, 0.2) is 0 Å². The molecule has 2 atom stereocenters. The molecule has 0 saturated carbocycles. The summed E-state index contributed by atoms with van der Waals surface area (Å²) in [6.45, 7) is 3.58. The van der Waals surface area contributed by atoms with Crippen molar-refractivity contribution in [3.63, 3.8) is 0 Å². The lowest BCUT2D eigenvalue weighted by Gasteiger charge is -2.36. The van der Waals surface area contributed by atoms with Crippen LogP contribution in [0.2, 0.25) is 0 Å². The maximum atomic E-state index is 13.3. The Labute approximate surface area is 146 Å². The van der Waals surface area contributed by atoms with Crippen LogP contribution in [0.3, 0.4) is 0 Å². The molecule has 3 saturated heterocycles. The molecule has 1 N–H and O–H groups in total. The highest BCUT2D eigenvalue weighted by atomic mass is 19.3. The third-order valence-corrected chi connectivity index (χ3v) is 5.69. The average molecular weight is 359 g/mol. The van der Waals surface area contributed by atoms with Gasteiger partial charge in [-0.15, -0.1) is 0 Å². The first-order valence-corrected chi connectivity index (χ1v) is 9.08. The van der Waals surface area contributed by atoms with Crippen molar-refractivity contribution in [2.24, 2.45) is 0 Å². The molecule has 3 aliphatic rings. The predicted molar refractivity (Wildman–Crippen MR) is 87.2 cm³/mol. The number of amides is 2. The van der Waals surface area contributed by atoms with Crippen LogP contribution in [-0.4, -0.2) is 88.5 Å². The molecule has 0 aromatic rings. The smallest absolute Gasteiger partial charge is 0.250 e. The van der Waals surface area contributed by atoms with Crippen molar-refractivity contribution in [3.8, 4) is 0 Å². The second-order valence-electron chi connectivity index (χ2n) is 7.74. The minimum Gasteiger partial charge on any atom is -0.387 e. The molecule has 2 unspecified atom stereocenters. The summed E-state index contributed by atoms with van der Waals surface area (Å²) in [6, 6.07) is -0.423. The molecule has 3 rings (SSSR count). The number of β-amino-alcohol motifs (C(OH)–C–C–N with tert-alkyl or cyclic N) is 1. The van der Waals surface area contributed by atoms with Gasteiger partial charge < -0.3 is 14.9 Å². The minimum atomic E-state index is -2.60. The second-order valence-corrected chi connectivity index (χ2v) is 7.74. The fraction of sp³-hybridized carbons (Fsp3) is 0.882. The highest BCUT2D eigenvalue weighted by molar-refractivity contribution is 5.87. The maximum Gasteiger partial charge on any atom is 0.250 e. The first-order chi connectivity index (χ1) is 11.7. The fourth-order valence-electron chi connectivity index (χ4n) is 4.24. The van der Waals surface area contributed by atoms with E-state index >= 15 is 0 Å². The van der Waals surface area contributed by atoms with Gasteiger partial charge in [0, 0.05) is 52.5 Å². The van der Waals surface area contributed by atoms with Gasteiger partial charge in [-0.05, 0) is 19.3 Å². The lowest BCUT2D eigenvalue weighted by molar-refractivity contribution is -0.142. The van der Waals surface area contributed by atoms with E-state index in [1.54, 1.807) is 9.80 Å². The molecule has 0 aromatic heterocycles. The lowest BCUT2D eigenvalue weighted by atomic mass is 10.00. The largest absolute Gasteiger partial charge is 0.387 e. The van der Waals surface area contributed by atoms with E-state index in [1.165, 1.54) is 6.92 Å². The van der Waals surface area contributed by atoms with E-state index in [4.69, 9.17) is 0 Å². The number of rotatable bonds is 3. The van der Waals surface area contributed by atoms with Crippen LogP contribution in [0.25, 0.3) is 0 Å². The Hall–Kier alpha value is -1.28. The molecule has 2 amide bonds. The lowest BCUT2D eigenvalue weighted by Crippen LogP contribution is -2.51. The van der Waals surface area contributed by atoms with Crippen molar-refractivity contribution in [1.29, 1.82) is 0 Å². The molecule has 0 aliphatic carbocycles. The number of hydrogen-bond donors (Lipinski definition) is 1. The summed E-state index contributed by atoms with van der Waals surface area (Å²) in [5, 5.41) is 10.8. The summed E-state index contributed by atoms with van der Waals surface area (Å²) in [7, 11) is 0. The molecule has 3 aliphatic heterocycles. The highest BCUT2D eigenvalue weighted by Gasteiger charge is 2.44. The minimum absolute atomic E-state index is 0.0976. The summed E-state index contributed by atoms with van der Waals surface area (Å²) in [4.78, 5) is 29.5. The van der Waals surface area contributed by atoms with Gasteiger partial charge in [0.05, 0.1) is 12.1 Å². The molecule has 3 heterocycles. The van der Waals surface area contributed by atoms with Crippen molar-refractivity contribution in [2.75, 3.05) is 39.3 Å². The molecule has 8 heteroatoms. The molecular weight excluding hydrogens is 332 g/mol. The molecule has 0 aromatic carbocycles. The van der Waals surface area contributed by atoms with Gasteiger partial charge in [-0.1, -0.05) is 0 Å². The monoisotopic (exact) mass is 359 g/mol. The Kier molecular flexibility index (Phi) is 5.03. The molecule has 0 bridgehead atoms. The van der Waals surface area contributed by atoms with Crippen LogP contribution in [-0.2, 0) is 9.59 Å². The van der Waals surface area contributed by atoms with Crippen molar-refractivity contribution in [1.82, 2.24) is 14.7 Å². The number of carbonyl (C=O) groups is 2. The topological polar surface area (TPSA) is 64.1 Å². The van der Waals surface area contributed by atoms with Crippen molar-refractivity contribution < 1.29 is 23.5 Å². The number of alkyl halides is 2. The van der Waals surface area contributed by atoms with Gasteiger partial charge in [-0.3, -0.25) is 14.5 Å². The van der Waals surface area contributed by atoms with Crippen LogP contribution < -0.4 is 0 Å². The Morgan fingerprint density at radius 2 is 1.80 bits per heavy atom. The van der Waals surface area contributed by atoms with E-state index in [0.29, 0.717) is 32.5 Å². The van der Waals surface area contributed by atoms with Gasteiger partial charge in [0.25, 0.3) is 5.92 Å². The third kappa shape index (κ3) is 4.11. The molecule has 6 nitrogen and oxygen atoms in total. The molecular formula is C17H27F2N3O3. The van der Waals surface area contributed by atoms with Crippen molar-refractivity contribution in [3.05, 3.63) is 0 Å². The Morgan fingerprint density at radius 3 is 2.44 bits per heavy atom. The number of hydrogen-bond acceptors (Lipinski definition) is 4. The standard InChI is InChI=1S/C17H27F2N3O3/c1-13(23)22-7-2-3-14(22)15(24)21-10-4-16(25,12-21)11-20-8-5-17(18,19)6-9-20/h14,25H,2-12H2,1H3. The fourth-order valence-corrected chi connectivity index (χ4v) is 4.24. The van der Waals surface area contributed by atoms with Crippen LogP contribution in [0.5, 0.6) is 0 Å². The molecule has 142 valence electrons. The van der Waals surface area contributed by atoms with Crippen LogP contribution >= 0.6 is 0 Å². The van der Waals surface area contributed by atoms with Crippen molar-refractivity contribution in [2.45, 2.75) is 56.6 Å². The first-order valence-electron chi connectivity index (χ1n) is 9.08. The van der Waals surface area contributed by atoms with Gasteiger partial charge in [-0.25, -0.2) is 8.78 Å². The summed E-state index contributed by atoms with van der Waals surface area (Å²) < 4.78 is 26.5. The predicted octanol–water partition coefficient (Wildman–Crippen LogP) is 0.692. The molecule has 0 radical (unpaired) electrons. The summed E-state index contributed by atoms with van der Waals surface area (Å²) in [6.07, 6.45) is 1.56. The third-order valence-electron chi connectivity index (χ3n) is 5.69. The summed E-state index contributed by atoms with van der Waals surface area (Å²) >= 11 is 0. The number of halogens is 2. The maximum absolute atomic E-state index is 13.3.